The molecule has 1 unspecified atom stereocenters. The zero-order chi connectivity index (χ0) is 19.1. The lowest BCUT2D eigenvalue weighted by molar-refractivity contribution is 0.0975. The van der Waals surface area contributed by atoms with Crippen LogP contribution in [0.4, 0.5) is 15.8 Å². The van der Waals surface area contributed by atoms with Crippen LogP contribution in [0.2, 0.25) is 10.0 Å². The second-order valence-electron chi connectivity index (χ2n) is 6.08. The lowest BCUT2D eigenvalue weighted by Crippen LogP contribution is -2.43. The van der Waals surface area contributed by atoms with Gasteiger partial charge in [-0.05, 0) is 54.1 Å². The van der Waals surface area contributed by atoms with Crippen LogP contribution < -0.4 is 10.2 Å². The third kappa shape index (κ3) is 3.09. The average Bonchev–Trinajstić information content (AvgIpc) is 2.66. The zero-order valence-corrected chi connectivity index (χ0v) is 15.3. The minimum atomic E-state index is -0.645. The molecule has 0 aromatic heterocycles. The Morgan fingerprint density at radius 3 is 2.30 bits per heavy atom. The van der Waals surface area contributed by atoms with Crippen molar-refractivity contribution < 1.29 is 14.3 Å². The molecule has 1 amide bonds. The summed E-state index contributed by atoms with van der Waals surface area (Å²) in [5.41, 5.74) is 2.24. The molecule has 1 atom stereocenters. The van der Waals surface area contributed by atoms with E-state index in [9.17, 15) is 14.3 Å². The van der Waals surface area contributed by atoms with E-state index >= 15 is 0 Å². The van der Waals surface area contributed by atoms with Crippen molar-refractivity contribution in [2.24, 2.45) is 0 Å². The van der Waals surface area contributed by atoms with Gasteiger partial charge >= 0.3 is 0 Å². The molecule has 3 aromatic rings. The maximum Gasteiger partial charge on any atom is 0.262 e. The molecule has 0 saturated carbocycles. The minimum Gasteiger partial charge on any atom is -0.505 e. The van der Waals surface area contributed by atoms with Crippen LogP contribution in [0, 0.1) is 5.82 Å². The number of carbonyl (C=O) groups is 1. The summed E-state index contributed by atoms with van der Waals surface area (Å²) >= 11 is 12.1. The molecule has 4 rings (SSSR count). The van der Waals surface area contributed by atoms with Gasteiger partial charge in [0.2, 0.25) is 0 Å². The van der Waals surface area contributed by atoms with E-state index in [0.29, 0.717) is 22.5 Å². The quantitative estimate of drug-likeness (QED) is 0.585. The summed E-state index contributed by atoms with van der Waals surface area (Å²) < 4.78 is 13.4. The van der Waals surface area contributed by atoms with E-state index in [-0.39, 0.29) is 21.7 Å². The van der Waals surface area contributed by atoms with Gasteiger partial charge in [0.25, 0.3) is 5.91 Å². The number of para-hydroxylation sites is 1. The Morgan fingerprint density at radius 2 is 1.63 bits per heavy atom. The number of phenolic OH excluding ortho intramolecular Hbond substituents is 1. The Balaban J connectivity index is 1.89. The highest BCUT2D eigenvalue weighted by Crippen LogP contribution is 2.40. The highest BCUT2D eigenvalue weighted by molar-refractivity contribution is 6.37. The Bertz CT molecular complexity index is 1020. The van der Waals surface area contributed by atoms with E-state index < -0.39 is 12.0 Å². The first kappa shape index (κ1) is 17.6. The van der Waals surface area contributed by atoms with Crippen molar-refractivity contribution in [3.05, 3.63) is 87.7 Å². The Hall–Kier alpha value is -2.76. The molecule has 0 spiro atoms. The molecule has 136 valence electrons. The fourth-order valence-corrected chi connectivity index (χ4v) is 3.60. The number of anilines is 2. The molecule has 1 aliphatic heterocycles. The van der Waals surface area contributed by atoms with Crippen LogP contribution in [0.15, 0.2) is 60.7 Å². The fraction of sp³-hybridized carbons (Fsp3) is 0.0500. The smallest absolute Gasteiger partial charge is 0.262 e. The van der Waals surface area contributed by atoms with Gasteiger partial charge in [-0.3, -0.25) is 9.69 Å². The molecular formula is C20H13Cl2FN2O2. The third-order valence-electron chi connectivity index (χ3n) is 4.39. The van der Waals surface area contributed by atoms with E-state index in [4.69, 9.17) is 23.2 Å². The number of fused-ring (bicyclic) bond motifs is 1. The number of halogens is 3. The predicted octanol–water partition coefficient (Wildman–Crippen LogP) is 5.61. The maximum absolute atomic E-state index is 13.4. The third-order valence-corrected chi connectivity index (χ3v) is 4.96. The van der Waals surface area contributed by atoms with Gasteiger partial charge in [-0.1, -0.05) is 35.3 Å². The largest absolute Gasteiger partial charge is 0.505 e. The predicted molar refractivity (Wildman–Crippen MR) is 104 cm³/mol. The molecular weight excluding hydrogens is 390 g/mol. The Morgan fingerprint density at radius 1 is 1.00 bits per heavy atom. The molecule has 0 bridgehead atoms. The van der Waals surface area contributed by atoms with Gasteiger partial charge in [-0.25, -0.2) is 4.39 Å². The SMILES string of the molecule is O=C1c2ccccc2NC(c2cc(Cl)c(O)c(Cl)c2)N1c1ccc(F)cc1. The van der Waals surface area contributed by atoms with Crippen molar-refractivity contribution in [3.63, 3.8) is 0 Å². The number of amides is 1. The molecule has 0 aliphatic carbocycles. The van der Waals surface area contributed by atoms with Crippen molar-refractivity contribution in [3.8, 4) is 5.75 Å². The highest BCUT2D eigenvalue weighted by Gasteiger charge is 2.34. The number of aromatic hydroxyl groups is 1. The molecule has 3 aromatic carbocycles. The average molecular weight is 403 g/mol. The van der Waals surface area contributed by atoms with E-state index in [1.54, 1.807) is 18.2 Å². The molecule has 0 radical (unpaired) electrons. The molecule has 4 nitrogen and oxygen atoms in total. The lowest BCUT2D eigenvalue weighted by Gasteiger charge is -2.38. The Kier molecular flexibility index (Phi) is 4.42. The number of hydrogen-bond acceptors (Lipinski definition) is 3. The van der Waals surface area contributed by atoms with Crippen LogP contribution in [0.25, 0.3) is 0 Å². The molecule has 27 heavy (non-hydrogen) atoms. The molecule has 1 aliphatic rings. The van der Waals surface area contributed by atoms with Crippen LogP contribution in [0.3, 0.4) is 0 Å². The number of rotatable bonds is 2. The topological polar surface area (TPSA) is 52.6 Å². The molecule has 1 heterocycles. The number of phenols is 1. The first-order chi connectivity index (χ1) is 13.0. The van der Waals surface area contributed by atoms with Crippen molar-refractivity contribution in [1.82, 2.24) is 0 Å². The first-order valence-electron chi connectivity index (χ1n) is 8.08. The van der Waals surface area contributed by atoms with Gasteiger partial charge in [-0.15, -0.1) is 0 Å². The van der Waals surface area contributed by atoms with Crippen molar-refractivity contribution in [2.45, 2.75) is 6.17 Å². The Labute approximate surface area is 164 Å². The highest BCUT2D eigenvalue weighted by atomic mass is 35.5. The maximum atomic E-state index is 13.4. The molecule has 7 heteroatoms. The van der Waals surface area contributed by atoms with Crippen LogP contribution >= 0.6 is 23.2 Å². The number of benzene rings is 3. The summed E-state index contributed by atoms with van der Waals surface area (Å²) in [5, 5.41) is 13.3. The van der Waals surface area contributed by atoms with Crippen molar-refractivity contribution in [2.75, 3.05) is 10.2 Å². The van der Waals surface area contributed by atoms with Crippen molar-refractivity contribution >= 4 is 40.5 Å². The monoisotopic (exact) mass is 402 g/mol. The van der Waals surface area contributed by atoms with Crippen molar-refractivity contribution in [1.29, 1.82) is 0 Å². The van der Waals surface area contributed by atoms with Crippen LogP contribution in [-0.2, 0) is 0 Å². The lowest BCUT2D eigenvalue weighted by atomic mass is 10.0. The van der Waals surface area contributed by atoms with E-state index in [1.165, 1.54) is 41.3 Å². The second kappa shape index (κ2) is 6.76. The van der Waals surface area contributed by atoms with Gasteiger partial charge in [0.15, 0.2) is 5.75 Å². The zero-order valence-electron chi connectivity index (χ0n) is 13.8. The van der Waals surface area contributed by atoms with Gasteiger partial charge in [0.05, 0.1) is 15.6 Å². The number of carbonyl (C=O) groups excluding carboxylic acids is 1. The van der Waals surface area contributed by atoms with Gasteiger partial charge in [0.1, 0.15) is 12.0 Å². The second-order valence-corrected chi connectivity index (χ2v) is 6.89. The van der Waals surface area contributed by atoms with Crippen LogP contribution in [-0.4, -0.2) is 11.0 Å². The van der Waals surface area contributed by atoms with Crippen LogP contribution in [0.1, 0.15) is 22.1 Å². The minimum absolute atomic E-state index is 0.0738. The summed E-state index contributed by atoms with van der Waals surface area (Å²) in [5.74, 6) is -0.872. The van der Waals surface area contributed by atoms with E-state index in [0.717, 1.165) is 0 Å². The normalized spacial score (nSPS) is 16.0. The summed E-state index contributed by atoms with van der Waals surface area (Å²) in [7, 11) is 0. The first-order valence-corrected chi connectivity index (χ1v) is 8.84. The summed E-state index contributed by atoms with van der Waals surface area (Å²) in [6.45, 7) is 0. The summed E-state index contributed by atoms with van der Waals surface area (Å²) in [4.78, 5) is 14.7. The molecule has 0 fully saturated rings. The number of hydrogen-bond donors (Lipinski definition) is 2. The summed E-state index contributed by atoms with van der Waals surface area (Å²) in [6, 6.07) is 15.8. The number of nitrogens with zero attached hydrogens (tertiary/aromatic N) is 1. The number of nitrogens with one attached hydrogen (secondary N) is 1. The van der Waals surface area contributed by atoms with Gasteiger partial charge < -0.3 is 10.4 Å². The summed E-state index contributed by atoms with van der Waals surface area (Å²) in [6.07, 6.45) is -0.645. The van der Waals surface area contributed by atoms with Gasteiger partial charge in [-0.2, -0.15) is 0 Å². The molecule has 2 N–H and O–H groups in total. The van der Waals surface area contributed by atoms with Crippen LogP contribution in [0.5, 0.6) is 5.75 Å². The van der Waals surface area contributed by atoms with E-state index in [2.05, 4.69) is 5.32 Å². The van der Waals surface area contributed by atoms with Gasteiger partial charge in [0, 0.05) is 11.4 Å². The molecule has 0 saturated heterocycles. The standard InChI is InChI=1S/C20H13Cl2FN2O2/c21-15-9-11(10-16(22)18(15)26)19-24-17-4-2-1-3-14(17)20(27)25(19)13-7-5-12(23)6-8-13/h1-10,19,24,26H. The fourth-order valence-electron chi connectivity index (χ4n) is 3.10. The van der Waals surface area contributed by atoms with E-state index in [1.807, 2.05) is 6.07 Å².